The molecule has 2 aromatic heterocycles. The van der Waals surface area contributed by atoms with Gasteiger partial charge in [0, 0.05) is 31.2 Å². The first-order valence-corrected chi connectivity index (χ1v) is 18.8. The van der Waals surface area contributed by atoms with Gasteiger partial charge in [0.1, 0.15) is 11.2 Å². The third-order valence-corrected chi connectivity index (χ3v) is 11.8. The zero-order valence-electron chi connectivity index (χ0n) is 28.7. The van der Waals surface area contributed by atoms with Gasteiger partial charge >= 0.3 is 0 Å². The Morgan fingerprint density at radius 3 is 1.92 bits per heavy atom. The molecule has 0 aliphatic rings. The van der Waals surface area contributed by atoms with E-state index >= 15 is 0 Å². The van der Waals surface area contributed by atoms with Crippen molar-refractivity contribution >= 4 is 92.1 Å². The second-order valence-corrected chi connectivity index (χ2v) is 14.7. The molecule has 0 bridgehead atoms. The zero-order chi connectivity index (χ0) is 34.9. The number of anilines is 3. The van der Waals surface area contributed by atoms with Gasteiger partial charge in [0.25, 0.3) is 0 Å². The Hall–Kier alpha value is -6.68. The smallest absolute Gasteiger partial charge is 0.138 e. The fourth-order valence-electron chi connectivity index (χ4n) is 8.20. The molecule has 2 nitrogen and oxygen atoms in total. The van der Waals surface area contributed by atoms with Gasteiger partial charge in [0.2, 0.25) is 0 Å². The van der Waals surface area contributed by atoms with Crippen molar-refractivity contribution in [2.24, 2.45) is 0 Å². The molecule has 0 radical (unpaired) electrons. The highest BCUT2D eigenvalue weighted by Gasteiger charge is 2.25. The molecule has 0 N–H and O–H groups in total. The van der Waals surface area contributed by atoms with Crippen molar-refractivity contribution in [2.75, 3.05) is 4.90 Å². The second kappa shape index (κ2) is 11.9. The van der Waals surface area contributed by atoms with Crippen molar-refractivity contribution in [3.63, 3.8) is 0 Å². The van der Waals surface area contributed by atoms with Gasteiger partial charge in [0.05, 0.1) is 16.8 Å². The molecular weight excluding hydrogens is 663 g/mol. The molecule has 9 aromatic carbocycles. The quantitative estimate of drug-likeness (QED) is 0.167. The van der Waals surface area contributed by atoms with Crippen LogP contribution in [0.3, 0.4) is 0 Å². The highest BCUT2D eigenvalue weighted by Crippen LogP contribution is 2.51. The van der Waals surface area contributed by atoms with Crippen LogP contribution in [0.25, 0.3) is 85.9 Å². The minimum absolute atomic E-state index is 0.867. The van der Waals surface area contributed by atoms with Crippen LogP contribution < -0.4 is 4.90 Å². The predicted molar refractivity (Wildman–Crippen MR) is 227 cm³/mol. The van der Waals surface area contributed by atoms with Crippen LogP contribution in [0.5, 0.6) is 0 Å². The Labute approximate surface area is 310 Å². The van der Waals surface area contributed by atoms with Crippen LogP contribution in [-0.2, 0) is 0 Å². The summed E-state index contributed by atoms with van der Waals surface area (Å²) in [5, 5.41) is 9.65. The summed E-state index contributed by atoms with van der Waals surface area (Å²) in [6.45, 7) is 0. The van der Waals surface area contributed by atoms with Gasteiger partial charge in [-0.25, -0.2) is 0 Å². The summed E-state index contributed by atoms with van der Waals surface area (Å²) < 4.78 is 9.24. The first-order valence-electron chi connectivity index (χ1n) is 18.0. The maximum Gasteiger partial charge on any atom is 0.138 e. The van der Waals surface area contributed by atoms with E-state index in [0.29, 0.717) is 0 Å². The van der Waals surface area contributed by atoms with Crippen molar-refractivity contribution in [1.82, 2.24) is 0 Å². The van der Waals surface area contributed by atoms with E-state index < -0.39 is 0 Å². The molecule has 2 heterocycles. The second-order valence-electron chi connectivity index (χ2n) is 13.7. The Kier molecular flexibility index (Phi) is 6.76. The van der Waals surface area contributed by atoms with E-state index in [4.69, 9.17) is 4.42 Å². The Bertz CT molecular complexity index is 3180. The van der Waals surface area contributed by atoms with Crippen LogP contribution in [0.4, 0.5) is 17.1 Å². The van der Waals surface area contributed by atoms with Crippen LogP contribution in [0.2, 0.25) is 0 Å². The van der Waals surface area contributed by atoms with Gasteiger partial charge in [-0.2, -0.15) is 0 Å². The SMILES string of the molecule is c1ccc(-c2cc(N(c3ccc4c(ccc5ccccc54)c3)c3ccc(-c4ccccc4)c4sc5ccccc5c34)c3c(c2)oc2ccccc23)cc1. The standard InChI is InChI=1S/C50H31NOS/c1-3-13-32(14-4-1)36-30-44(48-41-19-9-11-21-45(41)52-46(48)31-36)51(37-25-26-39-35(29-37)24-23-34-17-7-8-18-38(34)39)43-28-27-40(33-15-5-2-6-16-33)50-49(43)42-20-10-12-22-47(42)53-50/h1-31H. The summed E-state index contributed by atoms with van der Waals surface area (Å²) >= 11 is 1.87. The van der Waals surface area contributed by atoms with Crippen LogP contribution in [0, 0.1) is 0 Å². The molecule has 0 saturated heterocycles. The van der Waals surface area contributed by atoms with Gasteiger partial charge in [0.15, 0.2) is 0 Å². The van der Waals surface area contributed by atoms with Crippen LogP contribution in [0.1, 0.15) is 0 Å². The summed E-state index contributed by atoms with van der Waals surface area (Å²) in [6, 6.07) is 68.0. The average molecular weight is 694 g/mol. The largest absolute Gasteiger partial charge is 0.456 e. The number of rotatable bonds is 5. The molecule has 0 unspecified atom stereocenters. The highest BCUT2D eigenvalue weighted by atomic mass is 32.1. The lowest BCUT2D eigenvalue weighted by molar-refractivity contribution is 0.669. The van der Waals surface area contributed by atoms with E-state index in [1.807, 2.05) is 11.3 Å². The van der Waals surface area contributed by atoms with Crippen molar-refractivity contribution in [1.29, 1.82) is 0 Å². The number of fused-ring (bicyclic) bond motifs is 9. The fourth-order valence-corrected chi connectivity index (χ4v) is 9.45. The van der Waals surface area contributed by atoms with E-state index in [9.17, 15) is 0 Å². The van der Waals surface area contributed by atoms with Crippen molar-refractivity contribution < 1.29 is 4.42 Å². The molecule has 3 heteroatoms. The molecule has 0 saturated carbocycles. The fraction of sp³-hybridized carbons (Fsp3) is 0. The highest BCUT2D eigenvalue weighted by molar-refractivity contribution is 7.26. The molecule has 0 atom stereocenters. The molecule has 248 valence electrons. The molecular formula is C50H31NOS. The first-order chi connectivity index (χ1) is 26.3. The topological polar surface area (TPSA) is 16.4 Å². The number of hydrogen-bond acceptors (Lipinski definition) is 3. The van der Waals surface area contributed by atoms with Crippen LogP contribution >= 0.6 is 11.3 Å². The number of para-hydroxylation sites is 1. The summed E-state index contributed by atoms with van der Waals surface area (Å²) in [6.07, 6.45) is 0. The summed E-state index contributed by atoms with van der Waals surface area (Å²) in [7, 11) is 0. The lowest BCUT2D eigenvalue weighted by Gasteiger charge is -2.28. The number of benzene rings is 9. The molecule has 0 spiro atoms. The molecule has 11 aromatic rings. The molecule has 11 rings (SSSR count). The number of hydrogen-bond donors (Lipinski definition) is 0. The molecule has 0 aliphatic heterocycles. The minimum Gasteiger partial charge on any atom is -0.456 e. The summed E-state index contributed by atoms with van der Waals surface area (Å²) in [5.41, 5.74) is 9.76. The van der Waals surface area contributed by atoms with Crippen molar-refractivity contribution in [3.8, 4) is 22.3 Å². The lowest BCUT2D eigenvalue weighted by Crippen LogP contribution is -2.11. The maximum atomic E-state index is 6.69. The Balaban J connectivity index is 1.29. The maximum absolute atomic E-state index is 6.69. The van der Waals surface area contributed by atoms with Gasteiger partial charge in [-0.3, -0.25) is 0 Å². The van der Waals surface area contributed by atoms with Gasteiger partial charge < -0.3 is 9.32 Å². The first kappa shape index (κ1) is 30.0. The van der Waals surface area contributed by atoms with Gasteiger partial charge in [-0.15, -0.1) is 11.3 Å². The molecule has 0 aliphatic carbocycles. The monoisotopic (exact) mass is 693 g/mol. The third-order valence-electron chi connectivity index (χ3n) is 10.6. The van der Waals surface area contributed by atoms with E-state index in [1.165, 1.54) is 52.8 Å². The molecule has 0 amide bonds. The molecule has 0 fully saturated rings. The number of thiophene rings is 1. The average Bonchev–Trinajstić information content (AvgIpc) is 3.81. The minimum atomic E-state index is 0.867. The van der Waals surface area contributed by atoms with Crippen molar-refractivity contribution in [3.05, 3.63) is 188 Å². The van der Waals surface area contributed by atoms with E-state index in [1.54, 1.807) is 0 Å². The van der Waals surface area contributed by atoms with E-state index in [2.05, 4.69) is 193 Å². The van der Waals surface area contributed by atoms with Gasteiger partial charge in [-0.05, 0) is 86.3 Å². The zero-order valence-corrected chi connectivity index (χ0v) is 29.5. The Morgan fingerprint density at radius 1 is 0.396 bits per heavy atom. The van der Waals surface area contributed by atoms with Crippen molar-refractivity contribution in [2.45, 2.75) is 0 Å². The van der Waals surface area contributed by atoms with Gasteiger partial charge in [-0.1, -0.05) is 146 Å². The van der Waals surface area contributed by atoms with E-state index in [-0.39, 0.29) is 0 Å². The lowest BCUT2D eigenvalue weighted by atomic mass is 9.97. The van der Waals surface area contributed by atoms with Crippen LogP contribution in [-0.4, -0.2) is 0 Å². The summed E-state index contributed by atoms with van der Waals surface area (Å²) in [5.74, 6) is 0. The molecule has 53 heavy (non-hydrogen) atoms. The van der Waals surface area contributed by atoms with Crippen LogP contribution in [0.15, 0.2) is 192 Å². The number of nitrogens with zero attached hydrogens (tertiary/aromatic N) is 1. The van der Waals surface area contributed by atoms with E-state index in [0.717, 1.165) is 50.1 Å². The third kappa shape index (κ3) is 4.78. The predicted octanol–water partition coefficient (Wildman–Crippen LogP) is 15.1. The normalized spacial score (nSPS) is 11.8. The summed E-state index contributed by atoms with van der Waals surface area (Å²) in [4.78, 5) is 2.49. The Morgan fingerprint density at radius 2 is 1.08 bits per heavy atom. The number of furan rings is 1.